The van der Waals surface area contributed by atoms with E-state index in [1.165, 1.54) is 49.5 Å². The van der Waals surface area contributed by atoms with Crippen LogP contribution in [0, 0.1) is 22.9 Å². The summed E-state index contributed by atoms with van der Waals surface area (Å²) in [5, 5.41) is 10.3. The van der Waals surface area contributed by atoms with E-state index in [-0.39, 0.29) is 17.9 Å². The lowest BCUT2D eigenvalue weighted by Gasteiger charge is -2.22. The summed E-state index contributed by atoms with van der Waals surface area (Å²) >= 11 is 0. The smallest absolute Gasteiger partial charge is 0.217 e. The number of carbonyl (C=O) groups excluding carboxylic acids is 1. The first-order chi connectivity index (χ1) is 14.6. The van der Waals surface area contributed by atoms with E-state index in [0.717, 1.165) is 6.07 Å². The second-order valence-corrected chi connectivity index (χ2v) is 6.87. The molecule has 1 amide bonds. The van der Waals surface area contributed by atoms with Crippen LogP contribution in [0.4, 0.5) is 13.2 Å². The number of nitrogens with two attached hydrogens (primary N) is 1. The minimum Gasteiger partial charge on any atom is -0.384 e. The standard InChI is InChI=1S/C23H23F3N4O/c1-4-7-29-22(13(2)16-5-6-20(26)19(11-16)23(27)28)21(30-14(3)31)10-15-8-17(24)12-18(25)9-15/h4-9,11-12,21H,1,10H2,2-3H3,(H3,27,28)(H,30,31). The molecule has 0 spiro atoms. The largest absolute Gasteiger partial charge is 0.384 e. The van der Waals surface area contributed by atoms with Crippen molar-refractivity contribution in [1.82, 2.24) is 5.32 Å². The maximum absolute atomic E-state index is 14.0. The van der Waals surface area contributed by atoms with Crippen LogP contribution in [-0.2, 0) is 11.2 Å². The number of carbonyl (C=O) groups is 1. The lowest BCUT2D eigenvalue weighted by Crippen LogP contribution is -2.36. The van der Waals surface area contributed by atoms with Crippen molar-refractivity contribution >= 4 is 23.5 Å². The summed E-state index contributed by atoms with van der Waals surface area (Å²) < 4.78 is 41.3. The van der Waals surface area contributed by atoms with E-state index < -0.39 is 29.3 Å². The zero-order valence-electron chi connectivity index (χ0n) is 17.2. The van der Waals surface area contributed by atoms with Crippen LogP contribution in [0.15, 0.2) is 59.7 Å². The zero-order valence-corrected chi connectivity index (χ0v) is 17.2. The van der Waals surface area contributed by atoms with Gasteiger partial charge in [-0.2, -0.15) is 0 Å². The third-order valence-electron chi connectivity index (χ3n) is 4.46. The molecule has 1 atom stereocenters. The van der Waals surface area contributed by atoms with Crippen molar-refractivity contribution in [2.45, 2.75) is 26.3 Å². The molecule has 1 unspecified atom stereocenters. The van der Waals surface area contributed by atoms with Crippen molar-refractivity contribution in [1.29, 1.82) is 5.41 Å². The van der Waals surface area contributed by atoms with Gasteiger partial charge in [0.05, 0.1) is 17.3 Å². The Hall–Kier alpha value is -3.68. The second-order valence-electron chi connectivity index (χ2n) is 6.87. The summed E-state index contributed by atoms with van der Waals surface area (Å²) in [4.78, 5) is 16.2. The monoisotopic (exact) mass is 428 g/mol. The fraction of sp³-hybridized carbons (Fsp3) is 0.174. The first kappa shape index (κ1) is 23.6. The SMILES string of the molecule is C=CC=NC(=C(C)c1ccc(F)c(C(=N)N)c1)C(Cc1cc(F)cc(F)c1)NC(C)=O. The minimum atomic E-state index is -0.749. The average molecular weight is 428 g/mol. The molecule has 162 valence electrons. The number of hydrogen-bond donors (Lipinski definition) is 3. The molecule has 0 fully saturated rings. The van der Waals surface area contributed by atoms with Gasteiger partial charge in [-0.25, -0.2) is 13.2 Å². The molecule has 0 saturated carbocycles. The Labute approximate surface area is 178 Å². The number of nitrogens with zero attached hydrogens (tertiary/aromatic N) is 1. The third kappa shape index (κ3) is 6.40. The predicted octanol–water partition coefficient (Wildman–Crippen LogP) is 4.12. The van der Waals surface area contributed by atoms with Crippen LogP contribution in [0.5, 0.6) is 0 Å². The second kappa shape index (κ2) is 10.4. The lowest BCUT2D eigenvalue weighted by molar-refractivity contribution is -0.119. The number of nitrogens with one attached hydrogen (secondary N) is 2. The predicted molar refractivity (Wildman–Crippen MR) is 116 cm³/mol. The number of rotatable bonds is 8. The van der Waals surface area contributed by atoms with Gasteiger partial charge in [-0.15, -0.1) is 0 Å². The number of amides is 1. The highest BCUT2D eigenvalue weighted by atomic mass is 19.1. The molecule has 4 N–H and O–H groups in total. The summed E-state index contributed by atoms with van der Waals surface area (Å²) in [7, 11) is 0. The molecule has 0 radical (unpaired) electrons. The number of halogens is 3. The van der Waals surface area contributed by atoms with Gasteiger partial charge in [-0.05, 0) is 54.3 Å². The highest BCUT2D eigenvalue weighted by molar-refractivity contribution is 5.96. The Balaban J connectivity index is 2.63. The van der Waals surface area contributed by atoms with Crippen molar-refractivity contribution < 1.29 is 18.0 Å². The molecule has 0 heterocycles. The van der Waals surface area contributed by atoms with Gasteiger partial charge in [0, 0.05) is 19.2 Å². The average Bonchev–Trinajstić information content (AvgIpc) is 2.66. The molecule has 0 aliphatic carbocycles. The van der Waals surface area contributed by atoms with E-state index in [0.29, 0.717) is 22.4 Å². The molecule has 31 heavy (non-hydrogen) atoms. The van der Waals surface area contributed by atoms with E-state index in [1.54, 1.807) is 6.92 Å². The van der Waals surface area contributed by atoms with Gasteiger partial charge in [0.15, 0.2) is 0 Å². The highest BCUT2D eigenvalue weighted by Gasteiger charge is 2.20. The Bertz CT molecular complexity index is 1060. The fourth-order valence-electron chi connectivity index (χ4n) is 3.12. The Morgan fingerprint density at radius 1 is 1.19 bits per heavy atom. The molecule has 0 saturated heterocycles. The quantitative estimate of drug-likeness (QED) is 0.436. The van der Waals surface area contributed by atoms with Crippen LogP contribution in [0.1, 0.15) is 30.5 Å². The summed E-state index contributed by atoms with van der Waals surface area (Å²) in [6, 6.07) is 6.44. The Kier molecular flexibility index (Phi) is 7.90. The van der Waals surface area contributed by atoms with Crippen LogP contribution < -0.4 is 11.1 Å². The Morgan fingerprint density at radius 3 is 2.39 bits per heavy atom. The van der Waals surface area contributed by atoms with Crippen molar-refractivity contribution in [3.63, 3.8) is 0 Å². The maximum atomic E-state index is 14.0. The van der Waals surface area contributed by atoms with E-state index in [1.807, 2.05) is 0 Å². The van der Waals surface area contributed by atoms with Gasteiger partial charge in [0.2, 0.25) is 5.91 Å². The topological polar surface area (TPSA) is 91.3 Å². The van der Waals surface area contributed by atoms with Gasteiger partial charge in [-0.3, -0.25) is 15.2 Å². The number of amidine groups is 1. The Morgan fingerprint density at radius 2 is 1.84 bits per heavy atom. The fourth-order valence-corrected chi connectivity index (χ4v) is 3.12. The number of allylic oxidation sites excluding steroid dienone is 2. The zero-order chi connectivity index (χ0) is 23.1. The summed E-state index contributed by atoms with van der Waals surface area (Å²) in [6.45, 7) is 6.61. The highest BCUT2D eigenvalue weighted by Crippen LogP contribution is 2.26. The van der Waals surface area contributed by atoms with Crippen LogP contribution in [-0.4, -0.2) is 24.0 Å². The molecule has 0 aliphatic rings. The molecule has 0 aromatic heterocycles. The number of hydrogen-bond acceptors (Lipinski definition) is 3. The number of aliphatic imine (C=N–C) groups is 1. The van der Waals surface area contributed by atoms with Crippen LogP contribution >= 0.6 is 0 Å². The summed E-state index contributed by atoms with van der Waals surface area (Å²) in [5.41, 5.74) is 7.14. The van der Waals surface area contributed by atoms with Gasteiger partial charge in [-0.1, -0.05) is 18.7 Å². The van der Waals surface area contributed by atoms with Gasteiger partial charge >= 0.3 is 0 Å². The van der Waals surface area contributed by atoms with E-state index in [4.69, 9.17) is 11.1 Å². The molecule has 0 aliphatic heterocycles. The van der Waals surface area contributed by atoms with E-state index in [2.05, 4.69) is 16.9 Å². The van der Waals surface area contributed by atoms with Crippen molar-refractivity contribution in [3.8, 4) is 0 Å². The normalized spacial score (nSPS) is 12.9. The number of benzene rings is 2. The molecule has 0 bridgehead atoms. The van der Waals surface area contributed by atoms with Gasteiger partial charge < -0.3 is 11.1 Å². The minimum absolute atomic E-state index is 0.0518. The molecular formula is C23H23F3N4O. The maximum Gasteiger partial charge on any atom is 0.217 e. The third-order valence-corrected chi connectivity index (χ3v) is 4.46. The van der Waals surface area contributed by atoms with Crippen LogP contribution in [0.3, 0.4) is 0 Å². The van der Waals surface area contributed by atoms with E-state index in [9.17, 15) is 18.0 Å². The van der Waals surface area contributed by atoms with Gasteiger partial charge in [0.25, 0.3) is 0 Å². The molecular weight excluding hydrogens is 405 g/mol. The first-order valence-electron chi connectivity index (χ1n) is 9.34. The first-order valence-corrected chi connectivity index (χ1v) is 9.34. The van der Waals surface area contributed by atoms with E-state index >= 15 is 0 Å². The molecule has 2 aromatic rings. The summed E-state index contributed by atoms with van der Waals surface area (Å²) in [6.07, 6.45) is 2.90. The molecule has 8 heteroatoms. The van der Waals surface area contributed by atoms with Gasteiger partial charge in [0.1, 0.15) is 23.3 Å². The van der Waals surface area contributed by atoms with Crippen molar-refractivity contribution in [2.24, 2.45) is 10.7 Å². The molecule has 5 nitrogen and oxygen atoms in total. The lowest BCUT2D eigenvalue weighted by atomic mass is 9.95. The van der Waals surface area contributed by atoms with Crippen molar-refractivity contribution in [3.05, 3.63) is 88.9 Å². The number of nitrogen functional groups attached to an aromatic ring is 1. The summed E-state index contributed by atoms with van der Waals surface area (Å²) in [5.74, 6) is -2.92. The van der Waals surface area contributed by atoms with Crippen LogP contribution in [0.2, 0.25) is 0 Å². The molecule has 2 rings (SSSR count). The molecule has 2 aromatic carbocycles. The van der Waals surface area contributed by atoms with Crippen LogP contribution in [0.25, 0.3) is 5.57 Å². The van der Waals surface area contributed by atoms with Crippen molar-refractivity contribution in [2.75, 3.05) is 0 Å².